The molecule has 0 bridgehead atoms. The Morgan fingerprint density at radius 1 is 1.07 bits per heavy atom. The third-order valence-corrected chi connectivity index (χ3v) is 3.64. The molecule has 1 N–H and O–H groups in total. The number of aliphatic hydroxyl groups is 1. The van der Waals surface area contributed by atoms with Crippen LogP contribution in [0.5, 0.6) is 0 Å². The van der Waals surface area contributed by atoms with Gasteiger partial charge in [-0.15, -0.1) is 23.6 Å². The average Bonchev–Trinajstić information content (AvgIpc) is 3.04. The van der Waals surface area contributed by atoms with E-state index in [0.717, 1.165) is 22.0 Å². The van der Waals surface area contributed by atoms with Crippen molar-refractivity contribution >= 4 is 27.7 Å². The standard InChI is InChI=1S/C17H10NO.C5H8O2.Ir/c1-2-8-13-12(6-1)7-5-9-14(13)17-18-15-10-3-4-11-16(15)19-17;1-4(6)3-5(2)7;/h1-8,10-11H;3,6H,1-2H3;/q-1;;/b;4-3-;. The number of benzene rings is 3. The van der Waals surface area contributed by atoms with Gasteiger partial charge in [0.25, 0.3) is 0 Å². The quantitative estimate of drug-likeness (QED) is 0.209. The van der Waals surface area contributed by atoms with Gasteiger partial charge in [-0.3, -0.25) is 9.78 Å². The minimum absolute atomic E-state index is 0. The summed E-state index contributed by atoms with van der Waals surface area (Å²) in [4.78, 5) is 14.6. The molecule has 0 unspecified atom stereocenters. The molecule has 1 radical (unpaired) electrons. The molecule has 0 spiro atoms. The molecule has 0 saturated heterocycles. The molecule has 0 fully saturated rings. The molecule has 27 heavy (non-hydrogen) atoms. The maximum absolute atomic E-state index is 10.0. The number of hydrogen-bond donors (Lipinski definition) is 1. The molecule has 4 nitrogen and oxygen atoms in total. The number of ketones is 1. The largest absolute Gasteiger partial charge is 0.512 e. The summed E-state index contributed by atoms with van der Waals surface area (Å²) >= 11 is 0. The molecule has 0 aliphatic heterocycles. The van der Waals surface area contributed by atoms with Crippen LogP contribution in [0.3, 0.4) is 0 Å². The number of aliphatic hydroxyl groups excluding tert-OH is 1. The topological polar surface area (TPSA) is 63.3 Å². The van der Waals surface area contributed by atoms with E-state index >= 15 is 0 Å². The number of aromatic nitrogens is 1. The zero-order valence-electron chi connectivity index (χ0n) is 14.9. The molecule has 139 valence electrons. The summed E-state index contributed by atoms with van der Waals surface area (Å²) in [6.07, 6.45) is 1.17. The SMILES string of the molecule is CC(=O)/C=C(/C)O.[Ir].[c-]1ccc2ccccc2c1-c1nc2ccccc2o1. The van der Waals surface area contributed by atoms with Gasteiger partial charge in [0.15, 0.2) is 5.78 Å². The molecule has 0 aliphatic carbocycles. The third kappa shape index (κ3) is 5.13. The molecule has 4 rings (SSSR count). The van der Waals surface area contributed by atoms with Crippen molar-refractivity contribution < 1.29 is 34.4 Å². The summed E-state index contributed by atoms with van der Waals surface area (Å²) in [6, 6.07) is 23.2. The van der Waals surface area contributed by atoms with Gasteiger partial charge in [0.1, 0.15) is 11.5 Å². The van der Waals surface area contributed by atoms with Crippen LogP contribution >= 0.6 is 0 Å². The van der Waals surface area contributed by atoms with Crippen LogP contribution in [0.15, 0.2) is 76.9 Å². The Kier molecular flexibility index (Phi) is 7.05. The number of nitrogens with zero attached hydrogens (tertiary/aromatic N) is 1. The molecule has 5 heteroatoms. The van der Waals surface area contributed by atoms with Crippen LogP contribution in [0.4, 0.5) is 0 Å². The van der Waals surface area contributed by atoms with E-state index in [9.17, 15) is 4.79 Å². The summed E-state index contributed by atoms with van der Waals surface area (Å²) in [6.45, 7) is 2.85. The first-order valence-corrected chi connectivity index (χ1v) is 8.18. The van der Waals surface area contributed by atoms with Gasteiger partial charge < -0.3 is 9.52 Å². The number of carbonyl (C=O) groups is 1. The minimum Gasteiger partial charge on any atom is -0.512 e. The number of oxazole rings is 1. The molecule has 0 aliphatic rings. The molecule has 1 heterocycles. The fourth-order valence-corrected chi connectivity index (χ4v) is 2.61. The Bertz CT molecular complexity index is 1060. The van der Waals surface area contributed by atoms with E-state index in [0.29, 0.717) is 5.89 Å². The van der Waals surface area contributed by atoms with E-state index in [4.69, 9.17) is 9.52 Å². The summed E-state index contributed by atoms with van der Waals surface area (Å²) in [5.41, 5.74) is 2.59. The fourth-order valence-electron chi connectivity index (χ4n) is 2.61. The molecule has 0 atom stereocenters. The first-order valence-electron chi connectivity index (χ1n) is 8.18. The van der Waals surface area contributed by atoms with Crippen molar-refractivity contribution in [2.45, 2.75) is 13.8 Å². The smallest absolute Gasteiger partial charge is 0.155 e. The number of rotatable bonds is 2. The maximum atomic E-state index is 10.0. The predicted octanol–water partition coefficient (Wildman–Crippen LogP) is 5.48. The Morgan fingerprint density at radius 2 is 1.78 bits per heavy atom. The summed E-state index contributed by atoms with van der Waals surface area (Å²) in [5.74, 6) is 0.561. The molecule has 4 aromatic rings. The maximum Gasteiger partial charge on any atom is 0.155 e. The van der Waals surface area contributed by atoms with Crippen LogP contribution in [-0.2, 0) is 24.9 Å². The van der Waals surface area contributed by atoms with Crippen molar-refractivity contribution in [2.24, 2.45) is 0 Å². The molecule has 0 amide bonds. The van der Waals surface area contributed by atoms with E-state index in [-0.39, 0.29) is 31.6 Å². The van der Waals surface area contributed by atoms with Crippen molar-refractivity contribution in [3.63, 3.8) is 0 Å². The Labute approximate surface area is 170 Å². The number of hydrogen-bond acceptors (Lipinski definition) is 4. The minimum atomic E-state index is -0.125. The van der Waals surface area contributed by atoms with Gasteiger partial charge in [-0.25, -0.2) is 0 Å². The third-order valence-electron chi connectivity index (χ3n) is 3.64. The van der Waals surface area contributed by atoms with Gasteiger partial charge >= 0.3 is 0 Å². The van der Waals surface area contributed by atoms with E-state index in [1.165, 1.54) is 25.3 Å². The van der Waals surface area contributed by atoms with Gasteiger partial charge in [0.2, 0.25) is 0 Å². The summed E-state index contributed by atoms with van der Waals surface area (Å²) in [7, 11) is 0. The first kappa shape index (κ1) is 20.6. The fraction of sp³-hybridized carbons (Fsp3) is 0.0909. The van der Waals surface area contributed by atoms with Crippen LogP contribution in [0, 0.1) is 6.07 Å². The van der Waals surface area contributed by atoms with Gasteiger partial charge in [0.05, 0.1) is 11.3 Å². The first-order chi connectivity index (χ1) is 12.5. The normalized spacial score (nSPS) is 10.8. The van der Waals surface area contributed by atoms with Crippen LogP contribution in [0.2, 0.25) is 0 Å². The Balaban J connectivity index is 0.000000285. The zero-order chi connectivity index (χ0) is 18.5. The number of carbonyl (C=O) groups excluding carboxylic acids is 1. The zero-order valence-corrected chi connectivity index (χ0v) is 17.3. The monoisotopic (exact) mass is 537 g/mol. The Hall–Kier alpha value is -2.75. The molecule has 3 aromatic carbocycles. The number of allylic oxidation sites excluding steroid dienone is 2. The van der Waals surface area contributed by atoms with Gasteiger partial charge in [-0.05, 0) is 26.0 Å². The van der Waals surface area contributed by atoms with Crippen molar-refractivity contribution in [1.82, 2.24) is 4.98 Å². The number of para-hydroxylation sites is 2. The van der Waals surface area contributed by atoms with Crippen LogP contribution in [-0.4, -0.2) is 15.9 Å². The number of fused-ring (bicyclic) bond motifs is 2. The van der Waals surface area contributed by atoms with Crippen LogP contribution in [0.25, 0.3) is 33.3 Å². The van der Waals surface area contributed by atoms with E-state index < -0.39 is 0 Å². The van der Waals surface area contributed by atoms with Gasteiger partial charge in [-0.1, -0.05) is 47.3 Å². The van der Waals surface area contributed by atoms with Gasteiger partial charge in [-0.2, -0.15) is 0 Å². The molecular weight excluding hydrogens is 518 g/mol. The van der Waals surface area contributed by atoms with E-state index in [1.54, 1.807) is 0 Å². The van der Waals surface area contributed by atoms with Crippen LogP contribution in [0.1, 0.15) is 13.8 Å². The van der Waals surface area contributed by atoms with Crippen molar-refractivity contribution in [1.29, 1.82) is 0 Å². The molecule has 0 saturated carbocycles. The second-order valence-corrected chi connectivity index (χ2v) is 5.82. The van der Waals surface area contributed by atoms with Gasteiger partial charge in [0, 0.05) is 26.2 Å². The van der Waals surface area contributed by atoms with E-state index in [1.807, 2.05) is 48.5 Å². The Morgan fingerprint density at radius 3 is 2.44 bits per heavy atom. The van der Waals surface area contributed by atoms with Crippen molar-refractivity contribution in [2.75, 3.05) is 0 Å². The second kappa shape index (κ2) is 9.26. The predicted molar refractivity (Wildman–Crippen MR) is 103 cm³/mol. The van der Waals surface area contributed by atoms with Crippen molar-refractivity contribution in [3.05, 3.63) is 78.6 Å². The molecule has 1 aromatic heterocycles. The van der Waals surface area contributed by atoms with Crippen LogP contribution < -0.4 is 0 Å². The summed E-state index contributed by atoms with van der Waals surface area (Å²) < 4.78 is 5.82. The van der Waals surface area contributed by atoms with E-state index in [2.05, 4.69) is 23.2 Å². The van der Waals surface area contributed by atoms with Crippen molar-refractivity contribution in [3.8, 4) is 11.5 Å². The summed E-state index contributed by atoms with van der Waals surface area (Å²) in [5, 5.41) is 10.6. The molecular formula is C22H18IrNO3-. The second-order valence-electron chi connectivity index (χ2n) is 5.82. The average molecular weight is 537 g/mol.